The molecule has 0 radical (unpaired) electrons. The summed E-state index contributed by atoms with van der Waals surface area (Å²) in [7, 11) is 0. The summed E-state index contributed by atoms with van der Waals surface area (Å²) < 4.78 is 0. The van der Waals surface area contributed by atoms with Crippen molar-refractivity contribution in [1.29, 1.82) is 0 Å². The molecule has 0 saturated heterocycles. The van der Waals surface area contributed by atoms with Crippen LogP contribution in [0.3, 0.4) is 0 Å². The second kappa shape index (κ2) is 8.38. The van der Waals surface area contributed by atoms with Crippen molar-refractivity contribution in [3.63, 3.8) is 0 Å². The number of halogens is 1. The Hall–Kier alpha value is 0.0700. The Morgan fingerprint density at radius 1 is 1.50 bits per heavy atom. The predicted octanol–water partition coefficient (Wildman–Crippen LogP) is 1.75. The van der Waals surface area contributed by atoms with Gasteiger partial charge in [0.2, 0.25) is 0 Å². The monoisotopic (exact) mass is 239 g/mol. The average molecular weight is 240 g/mol. The van der Waals surface area contributed by atoms with Crippen molar-refractivity contribution in [2.75, 3.05) is 31.1 Å². The van der Waals surface area contributed by atoms with Gasteiger partial charge >= 0.3 is 5.97 Å². The number of alkyl halides is 1. The van der Waals surface area contributed by atoms with E-state index in [9.17, 15) is 4.79 Å². The van der Waals surface area contributed by atoms with Gasteiger partial charge in [0.05, 0.1) is 0 Å². The van der Waals surface area contributed by atoms with Crippen LogP contribution in [-0.2, 0) is 4.79 Å². The number of nitrogens with zero attached hydrogens (tertiary/aromatic N) is 1. The molecule has 5 heteroatoms. The van der Waals surface area contributed by atoms with Crippen LogP contribution in [0.25, 0.3) is 0 Å². The molecule has 0 fully saturated rings. The molecule has 0 amide bonds. The number of carbonyl (C=O) groups is 1. The molecule has 0 aliphatic heterocycles. The van der Waals surface area contributed by atoms with E-state index in [4.69, 9.17) is 16.7 Å². The van der Waals surface area contributed by atoms with Crippen molar-refractivity contribution < 1.29 is 9.90 Å². The molecule has 0 saturated carbocycles. The first-order valence-electron chi connectivity index (χ1n) is 4.78. The van der Waals surface area contributed by atoms with E-state index in [1.54, 1.807) is 11.8 Å². The molecule has 0 rings (SSSR count). The predicted molar refractivity (Wildman–Crippen MR) is 62.4 cm³/mol. The molecule has 0 aromatic rings. The molecule has 0 aromatic heterocycles. The highest BCUT2D eigenvalue weighted by Crippen LogP contribution is 2.08. The Morgan fingerprint density at radius 3 is 2.50 bits per heavy atom. The van der Waals surface area contributed by atoms with Gasteiger partial charge in [-0.2, -0.15) is 11.8 Å². The number of hydrogen-bond acceptors (Lipinski definition) is 3. The third-order valence-corrected chi connectivity index (χ3v) is 3.54. The van der Waals surface area contributed by atoms with Gasteiger partial charge < -0.3 is 10.0 Å². The van der Waals surface area contributed by atoms with Gasteiger partial charge in [-0.05, 0) is 13.1 Å². The summed E-state index contributed by atoms with van der Waals surface area (Å²) in [5.74, 6) is 0.498. The number of rotatable bonds is 8. The topological polar surface area (TPSA) is 40.5 Å². The van der Waals surface area contributed by atoms with E-state index in [1.165, 1.54) is 0 Å². The quantitative estimate of drug-likeness (QED) is 0.518. The van der Waals surface area contributed by atoms with Gasteiger partial charge in [-0.25, -0.2) is 0 Å². The fraction of sp³-hybridized carbons (Fsp3) is 0.889. The molecule has 3 nitrogen and oxygen atoms in total. The zero-order valence-electron chi connectivity index (χ0n) is 8.70. The molecule has 0 aliphatic rings. The zero-order chi connectivity index (χ0) is 11.0. The van der Waals surface area contributed by atoms with E-state index in [0.717, 1.165) is 25.4 Å². The van der Waals surface area contributed by atoms with Crippen LogP contribution in [0.4, 0.5) is 0 Å². The first-order valence-corrected chi connectivity index (χ1v) is 6.37. The van der Waals surface area contributed by atoms with E-state index in [2.05, 4.69) is 18.7 Å². The first-order chi connectivity index (χ1) is 6.61. The van der Waals surface area contributed by atoms with E-state index >= 15 is 0 Å². The first kappa shape index (κ1) is 14.1. The summed E-state index contributed by atoms with van der Waals surface area (Å²) in [5.41, 5.74) is 0. The van der Waals surface area contributed by atoms with Crippen LogP contribution in [0, 0.1) is 0 Å². The molecule has 0 heterocycles. The molecule has 1 N–H and O–H groups in total. The highest BCUT2D eigenvalue weighted by Gasteiger charge is 2.12. The van der Waals surface area contributed by atoms with Gasteiger partial charge in [0, 0.05) is 18.1 Å². The van der Waals surface area contributed by atoms with E-state index in [-0.39, 0.29) is 0 Å². The highest BCUT2D eigenvalue weighted by molar-refractivity contribution is 7.99. The molecule has 0 spiro atoms. The number of carboxylic acids is 1. The van der Waals surface area contributed by atoms with Gasteiger partial charge in [0.15, 0.2) is 0 Å². The summed E-state index contributed by atoms with van der Waals surface area (Å²) in [6.07, 6.45) is 0. The number of thioether (sulfide) groups is 1. The molecule has 1 unspecified atom stereocenters. The number of hydrogen-bond donors (Lipinski definition) is 1. The minimum atomic E-state index is -0.929. The average Bonchev–Trinajstić information content (AvgIpc) is 2.17. The molecule has 14 heavy (non-hydrogen) atoms. The lowest BCUT2D eigenvalue weighted by Gasteiger charge is -2.17. The summed E-state index contributed by atoms with van der Waals surface area (Å²) >= 11 is 7.16. The van der Waals surface area contributed by atoms with Crippen LogP contribution in [0.2, 0.25) is 0 Å². The van der Waals surface area contributed by atoms with Crippen molar-refractivity contribution >= 4 is 29.3 Å². The van der Waals surface area contributed by atoms with Crippen LogP contribution < -0.4 is 0 Å². The van der Waals surface area contributed by atoms with Crippen molar-refractivity contribution in [2.45, 2.75) is 19.2 Å². The van der Waals surface area contributed by atoms with Crippen LogP contribution >= 0.6 is 23.4 Å². The van der Waals surface area contributed by atoms with Crippen molar-refractivity contribution in [2.24, 2.45) is 0 Å². The maximum atomic E-state index is 10.4. The van der Waals surface area contributed by atoms with Crippen LogP contribution in [0.5, 0.6) is 0 Å². The minimum absolute atomic E-state index is 0.484. The van der Waals surface area contributed by atoms with Crippen molar-refractivity contribution in [3.05, 3.63) is 0 Å². The smallest absolute Gasteiger partial charge is 0.322 e. The molecule has 84 valence electrons. The summed E-state index contributed by atoms with van der Waals surface area (Å²) in [5, 5.41) is 7.77. The molecule has 1 atom stereocenters. The SMILES string of the molecule is CCN(CC)CCSCC(Cl)C(=O)O. The van der Waals surface area contributed by atoms with Gasteiger partial charge in [0.1, 0.15) is 5.38 Å². The maximum absolute atomic E-state index is 10.4. The summed E-state index contributed by atoms with van der Waals surface area (Å²) in [6, 6.07) is 0. The Bertz CT molecular complexity index is 165. The fourth-order valence-electron chi connectivity index (χ4n) is 0.992. The molecular weight excluding hydrogens is 222 g/mol. The second-order valence-corrected chi connectivity index (χ2v) is 4.58. The lowest BCUT2D eigenvalue weighted by atomic mass is 10.5. The summed E-state index contributed by atoms with van der Waals surface area (Å²) in [4.78, 5) is 12.7. The maximum Gasteiger partial charge on any atom is 0.322 e. The van der Waals surface area contributed by atoms with Gasteiger partial charge in [0.25, 0.3) is 0 Å². The highest BCUT2D eigenvalue weighted by atomic mass is 35.5. The standard InChI is InChI=1S/C9H18ClNO2S/c1-3-11(4-2)5-6-14-7-8(10)9(12)13/h8H,3-7H2,1-2H3,(H,12,13). The van der Waals surface area contributed by atoms with Gasteiger partial charge in [-0.15, -0.1) is 11.6 Å². The molecule has 0 bridgehead atoms. The van der Waals surface area contributed by atoms with E-state index in [0.29, 0.717) is 5.75 Å². The van der Waals surface area contributed by atoms with Gasteiger partial charge in [-0.1, -0.05) is 13.8 Å². The Morgan fingerprint density at radius 2 is 2.07 bits per heavy atom. The Labute approximate surface area is 94.8 Å². The third-order valence-electron chi connectivity index (χ3n) is 1.98. The molecule has 0 aromatic carbocycles. The van der Waals surface area contributed by atoms with Gasteiger partial charge in [-0.3, -0.25) is 4.79 Å². The third kappa shape index (κ3) is 6.51. The summed E-state index contributed by atoms with van der Waals surface area (Å²) in [6.45, 7) is 7.33. The van der Waals surface area contributed by atoms with Crippen molar-refractivity contribution in [3.8, 4) is 0 Å². The lowest BCUT2D eigenvalue weighted by molar-refractivity contribution is -0.136. The Balaban J connectivity index is 3.41. The van der Waals surface area contributed by atoms with Crippen molar-refractivity contribution in [1.82, 2.24) is 4.90 Å². The molecular formula is C9H18ClNO2S. The molecule has 0 aliphatic carbocycles. The fourth-order valence-corrected chi connectivity index (χ4v) is 2.16. The van der Waals surface area contributed by atoms with E-state index in [1.807, 2.05) is 0 Å². The number of aliphatic carboxylic acids is 1. The van der Waals surface area contributed by atoms with Crippen LogP contribution in [0.15, 0.2) is 0 Å². The van der Waals surface area contributed by atoms with Crippen LogP contribution in [0.1, 0.15) is 13.8 Å². The lowest BCUT2D eigenvalue weighted by Crippen LogP contribution is -2.26. The normalized spacial score (nSPS) is 13.1. The number of carboxylic acid groups (broad SMARTS) is 1. The van der Waals surface area contributed by atoms with E-state index < -0.39 is 11.3 Å². The zero-order valence-corrected chi connectivity index (χ0v) is 10.3. The Kier molecular flexibility index (Phi) is 8.43. The van der Waals surface area contributed by atoms with Crippen LogP contribution in [-0.4, -0.2) is 52.5 Å². The minimum Gasteiger partial charge on any atom is -0.480 e. The second-order valence-electron chi connectivity index (χ2n) is 2.91. The largest absolute Gasteiger partial charge is 0.480 e.